The molecule has 25 heavy (non-hydrogen) atoms. The fraction of sp³-hybridized carbons (Fsp3) is 0.800. The smallest absolute Gasteiger partial charge is 0.152 e. The van der Waals surface area contributed by atoms with E-state index in [9.17, 15) is 0 Å². The molecule has 5 heteroatoms. The maximum absolute atomic E-state index is 6.89. The lowest BCUT2D eigenvalue weighted by atomic mass is 9.91. The molecule has 5 nitrogen and oxygen atoms in total. The summed E-state index contributed by atoms with van der Waals surface area (Å²) in [6.07, 6.45) is 13.2. The van der Waals surface area contributed by atoms with Crippen LogP contribution in [0.25, 0.3) is 0 Å². The lowest BCUT2D eigenvalue weighted by molar-refractivity contribution is 0.340. The lowest BCUT2D eigenvalue weighted by Crippen LogP contribution is -2.51. The van der Waals surface area contributed by atoms with Crippen molar-refractivity contribution in [3.05, 3.63) is 17.1 Å². The topological polar surface area (TPSA) is 67.1 Å². The number of aryl methyl sites for hydroxylation is 1. The van der Waals surface area contributed by atoms with Crippen LogP contribution in [-0.2, 0) is 18.4 Å². The van der Waals surface area contributed by atoms with Crippen molar-refractivity contribution in [1.82, 2.24) is 15.3 Å². The highest BCUT2D eigenvalue weighted by Gasteiger charge is 2.43. The number of anilines is 1. The standard InChI is InChI=1S/C20H33N5/c1-22-17-11-8-12-20(17,21)19-23-16-10-5-4-9-15(16)18(24-19)25-13-6-2-3-7-14-25/h17,22H,2-14,21H2,1H3. The van der Waals surface area contributed by atoms with Crippen LogP contribution in [0.4, 0.5) is 5.82 Å². The van der Waals surface area contributed by atoms with E-state index in [1.165, 1.54) is 55.6 Å². The fourth-order valence-electron chi connectivity index (χ4n) is 5.03. The van der Waals surface area contributed by atoms with Crippen LogP contribution in [0, 0.1) is 0 Å². The predicted octanol–water partition coefficient (Wildman–Crippen LogP) is 2.66. The van der Waals surface area contributed by atoms with Gasteiger partial charge in [-0.1, -0.05) is 12.8 Å². The van der Waals surface area contributed by atoms with E-state index < -0.39 is 5.54 Å². The molecule has 4 rings (SSSR count). The van der Waals surface area contributed by atoms with Crippen LogP contribution in [-0.4, -0.2) is 36.1 Å². The molecule has 2 unspecified atom stereocenters. The van der Waals surface area contributed by atoms with Gasteiger partial charge in [0.15, 0.2) is 5.82 Å². The van der Waals surface area contributed by atoms with Crippen LogP contribution >= 0.6 is 0 Å². The Labute approximate surface area is 151 Å². The predicted molar refractivity (Wildman–Crippen MR) is 102 cm³/mol. The number of hydrogen-bond acceptors (Lipinski definition) is 5. The van der Waals surface area contributed by atoms with E-state index in [-0.39, 0.29) is 6.04 Å². The summed E-state index contributed by atoms with van der Waals surface area (Å²) in [6.45, 7) is 2.27. The molecule has 2 aliphatic carbocycles. The summed E-state index contributed by atoms with van der Waals surface area (Å²) >= 11 is 0. The van der Waals surface area contributed by atoms with Crippen molar-refractivity contribution in [2.75, 3.05) is 25.0 Å². The van der Waals surface area contributed by atoms with E-state index in [0.717, 1.165) is 51.0 Å². The highest BCUT2D eigenvalue weighted by molar-refractivity contribution is 5.51. The second-order valence-corrected chi connectivity index (χ2v) is 8.18. The Balaban J connectivity index is 1.77. The zero-order chi connectivity index (χ0) is 17.3. The van der Waals surface area contributed by atoms with Crippen molar-refractivity contribution in [2.45, 2.75) is 82.2 Å². The molecule has 0 spiro atoms. The molecular weight excluding hydrogens is 310 g/mol. The summed E-state index contributed by atoms with van der Waals surface area (Å²) in [6, 6.07) is 0.283. The van der Waals surface area contributed by atoms with Gasteiger partial charge in [0, 0.05) is 30.4 Å². The highest BCUT2D eigenvalue weighted by Crippen LogP contribution is 2.38. The third-order valence-electron chi connectivity index (χ3n) is 6.54. The molecule has 138 valence electrons. The Morgan fingerprint density at radius 3 is 2.52 bits per heavy atom. The molecule has 0 radical (unpaired) electrons. The van der Waals surface area contributed by atoms with Gasteiger partial charge in [0.2, 0.25) is 0 Å². The minimum Gasteiger partial charge on any atom is -0.356 e. The van der Waals surface area contributed by atoms with Crippen molar-refractivity contribution in [3.8, 4) is 0 Å². The number of nitrogens with two attached hydrogens (primary N) is 1. The molecule has 1 aromatic heterocycles. The van der Waals surface area contributed by atoms with Gasteiger partial charge in [-0.3, -0.25) is 0 Å². The summed E-state index contributed by atoms with van der Waals surface area (Å²) in [4.78, 5) is 12.7. The molecule has 2 fully saturated rings. The molecule has 1 aliphatic heterocycles. The maximum atomic E-state index is 6.89. The van der Waals surface area contributed by atoms with Gasteiger partial charge < -0.3 is 16.0 Å². The second-order valence-electron chi connectivity index (χ2n) is 8.18. The Bertz CT molecular complexity index is 608. The van der Waals surface area contributed by atoms with Crippen LogP contribution in [0.15, 0.2) is 0 Å². The van der Waals surface area contributed by atoms with Crippen LogP contribution in [0.1, 0.15) is 74.9 Å². The minimum atomic E-state index is -0.415. The SMILES string of the molecule is CNC1CCCC1(N)c1nc2c(c(N3CCCCCC3)n1)CCCC2. The van der Waals surface area contributed by atoms with E-state index >= 15 is 0 Å². The Morgan fingerprint density at radius 1 is 1.00 bits per heavy atom. The Kier molecular flexibility index (Phi) is 4.96. The molecule has 0 amide bonds. The molecule has 3 N–H and O–H groups in total. The van der Waals surface area contributed by atoms with Crippen LogP contribution < -0.4 is 16.0 Å². The third kappa shape index (κ3) is 3.17. The second kappa shape index (κ2) is 7.20. The summed E-state index contributed by atoms with van der Waals surface area (Å²) in [5.41, 5.74) is 9.17. The van der Waals surface area contributed by atoms with Gasteiger partial charge in [0.05, 0.1) is 5.54 Å². The first kappa shape index (κ1) is 17.2. The van der Waals surface area contributed by atoms with Crippen LogP contribution in [0.2, 0.25) is 0 Å². The number of fused-ring (bicyclic) bond motifs is 1. The molecule has 0 bridgehead atoms. The number of likely N-dealkylation sites (N-methyl/N-ethyl adjacent to an activating group) is 1. The Hall–Kier alpha value is -1.20. The summed E-state index contributed by atoms with van der Waals surface area (Å²) in [7, 11) is 2.02. The van der Waals surface area contributed by atoms with Gasteiger partial charge in [0.1, 0.15) is 5.82 Å². The van der Waals surface area contributed by atoms with Gasteiger partial charge in [-0.25, -0.2) is 9.97 Å². The third-order valence-corrected chi connectivity index (χ3v) is 6.54. The van der Waals surface area contributed by atoms with Crippen molar-refractivity contribution in [1.29, 1.82) is 0 Å². The molecule has 0 aromatic carbocycles. The van der Waals surface area contributed by atoms with Crippen molar-refractivity contribution in [3.63, 3.8) is 0 Å². The molecule has 1 saturated carbocycles. The van der Waals surface area contributed by atoms with E-state index in [1.807, 2.05) is 7.05 Å². The van der Waals surface area contributed by atoms with Crippen LogP contribution in [0.3, 0.4) is 0 Å². The fourth-order valence-corrected chi connectivity index (χ4v) is 5.03. The monoisotopic (exact) mass is 343 g/mol. The first-order valence-electron chi connectivity index (χ1n) is 10.3. The quantitative estimate of drug-likeness (QED) is 0.883. The van der Waals surface area contributed by atoms with Crippen molar-refractivity contribution in [2.24, 2.45) is 5.73 Å². The number of aromatic nitrogens is 2. The largest absolute Gasteiger partial charge is 0.356 e. The summed E-state index contributed by atoms with van der Waals surface area (Å²) < 4.78 is 0. The minimum absolute atomic E-state index is 0.283. The van der Waals surface area contributed by atoms with E-state index in [1.54, 1.807) is 0 Å². The maximum Gasteiger partial charge on any atom is 0.152 e. The Morgan fingerprint density at radius 2 is 1.76 bits per heavy atom. The summed E-state index contributed by atoms with van der Waals surface area (Å²) in [5.74, 6) is 2.11. The zero-order valence-electron chi connectivity index (χ0n) is 15.7. The van der Waals surface area contributed by atoms with Gasteiger partial charge in [-0.2, -0.15) is 0 Å². The zero-order valence-corrected chi connectivity index (χ0v) is 15.7. The number of nitrogens with zero attached hydrogens (tertiary/aromatic N) is 3. The highest BCUT2D eigenvalue weighted by atomic mass is 15.2. The molecular formula is C20H33N5. The van der Waals surface area contributed by atoms with Gasteiger partial charge in [-0.15, -0.1) is 0 Å². The average molecular weight is 344 g/mol. The molecule has 2 heterocycles. The number of hydrogen-bond donors (Lipinski definition) is 2. The van der Waals surface area contributed by atoms with Gasteiger partial charge >= 0.3 is 0 Å². The first-order valence-corrected chi connectivity index (χ1v) is 10.3. The molecule has 3 aliphatic rings. The van der Waals surface area contributed by atoms with E-state index in [4.69, 9.17) is 15.7 Å². The number of rotatable bonds is 3. The summed E-state index contributed by atoms with van der Waals surface area (Å²) in [5, 5.41) is 3.42. The number of nitrogens with one attached hydrogen (secondary N) is 1. The first-order chi connectivity index (χ1) is 12.2. The average Bonchev–Trinajstić information content (AvgIpc) is 2.85. The lowest BCUT2D eigenvalue weighted by Gasteiger charge is -2.33. The van der Waals surface area contributed by atoms with Gasteiger partial charge in [0.25, 0.3) is 0 Å². The van der Waals surface area contributed by atoms with Crippen molar-refractivity contribution >= 4 is 5.82 Å². The molecule has 1 saturated heterocycles. The van der Waals surface area contributed by atoms with E-state index in [2.05, 4.69) is 10.2 Å². The van der Waals surface area contributed by atoms with E-state index in [0.29, 0.717) is 0 Å². The van der Waals surface area contributed by atoms with Crippen LogP contribution in [0.5, 0.6) is 0 Å². The van der Waals surface area contributed by atoms with Gasteiger partial charge in [-0.05, 0) is 64.8 Å². The van der Waals surface area contributed by atoms with Crippen molar-refractivity contribution < 1.29 is 0 Å². The normalized spacial score (nSPS) is 30.2. The molecule has 1 aromatic rings. The molecule has 2 atom stereocenters.